The second-order valence-electron chi connectivity index (χ2n) is 6.32. The molecule has 0 aliphatic rings. The number of aromatic nitrogens is 1. The number of amides is 1. The van der Waals surface area contributed by atoms with E-state index in [0.29, 0.717) is 16.5 Å². The lowest BCUT2D eigenvalue weighted by atomic mass is 10.0. The fourth-order valence-corrected chi connectivity index (χ4v) is 3.46. The molecular formula is C21H21N3OS. The van der Waals surface area contributed by atoms with Crippen LogP contribution in [0.15, 0.2) is 59.7 Å². The smallest absolute Gasteiger partial charge is 0.266 e. The number of carbonyl (C=O) groups excluding carboxylic acids is 1. The van der Waals surface area contributed by atoms with E-state index in [9.17, 15) is 4.79 Å². The predicted octanol–water partition coefficient (Wildman–Crippen LogP) is 5.01. The van der Waals surface area contributed by atoms with Crippen molar-refractivity contribution in [2.45, 2.75) is 26.7 Å². The maximum absolute atomic E-state index is 12.4. The van der Waals surface area contributed by atoms with E-state index in [-0.39, 0.29) is 5.91 Å². The van der Waals surface area contributed by atoms with Crippen molar-refractivity contribution in [3.8, 4) is 10.6 Å². The van der Waals surface area contributed by atoms with Crippen LogP contribution in [0.25, 0.3) is 10.6 Å². The molecule has 0 saturated carbocycles. The van der Waals surface area contributed by atoms with Crippen molar-refractivity contribution < 1.29 is 4.79 Å². The lowest BCUT2D eigenvalue weighted by Crippen LogP contribution is -2.17. The van der Waals surface area contributed by atoms with Crippen molar-refractivity contribution in [2.24, 2.45) is 5.10 Å². The van der Waals surface area contributed by atoms with Gasteiger partial charge in [0, 0.05) is 5.56 Å². The molecule has 0 radical (unpaired) electrons. The zero-order valence-corrected chi connectivity index (χ0v) is 15.9. The van der Waals surface area contributed by atoms with Gasteiger partial charge < -0.3 is 0 Å². The number of aryl methyl sites for hydroxylation is 1. The molecule has 5 heteroatoms. The van der Waals surface area contributed by atoms with E-state index in [2.05, 4.69) is 41.5 Å². The topological polar surface area (TPSA) is 54.4 Å². The maximum atomic E-state index is 12.4. The van der Waals surface area contributed by atoms with Gasteiger partial charge in [-0.1, -0.05) is 68.4 Å². The molecule has 132 valence electrons. The van der Waals surface area contributed by atoms with Gasteiger partial charge in [-0.3, -0.25) is 4.79 Å². The van der Waals surface area contributed by atoms with Gasteiger partial charge in [0.1, 0.15) is 9.88 Å². The Kier molecular flexibility index (Phi) is 5.58. The van der Waals surface area contributed by atoms with Gasteiger partial charge >= 0.3 is 0 Å². The lowest BCUT2D eigenvalue weighted by molar-refractivity contribution is 0.0958. The number of benzene rings is 2. The van der Waals surface area contributed by atoms with E-state index < -0.39 is 0 Å². The molecule has 0 unspecified atom stereocenters. The summed E-state index contributed by atoms with van der Waals surface area (Å²) in [6, 6.07) is 18.0. The Labute approximate surface area is 157 Å². The average molecular weight is 363 g/mol. The van der Waals surface area contributed by atoms with E-state index in [1.54, 1.807) is 6.21 Å². The number of hydrazone groups is 1. The highest BCUT2D eigenvalue weighted by Gasteiger charge is 2.15. The Morgan fingerprint density at radius 2 is 1.81 bits per heavy atom. The van der Waals surface area contributed by atoms with Crippen LogP contribution < -0.4 is 5.43 Å². The molecule has 1 N–H and O–H groups in total. The minimum Gasteiger partial charge on any atom is -0.266 e. The molecule has 0 atom stereocenters. The molecule has 2 aromatic carbocycles. The Morgan fingerprint density at radius 1 is 1.12 bits per heavy atom. The third-order valence-electron chi connectivity index (χ3n) is 4.01. The number of carbonyl (C=O) groups is 1. The summed E-state index contributed by atoms with van der Waals surface area (Å²) in [4.78, 5) is 17.5. The van der Waals surface area contributed by atoms with E-state index in [4.69, 9.17) is 0 Å². The summed E-state index contributed by atoms with van der Waals surface area (Å²) in [5.74, 6) is 0.256. The first-order chi connectivity index (χ1) is 12.5. The van der Waals surface area contributed by atoms with Crippen LogP contribution in [-0.2, 0) is 0 Å². The third kappa shape index (κ3) is 4.24. The van der Waals surface area contributed by atoms with Crippen LogP contribution in [0.2, 0.25) is 0 Å². The first-order valence-electron chi connectivity index (χ1n) is 8.51. The predicted molar refractivity (Wildman–Crippen MR) is 108 cm³/mol. The highest BCUT2D eigenvalue weighted by Crippen LogP contribution is 2.27. The molecule has 4 nitrogen and oxygen atoms in total. The molecule has 3 aromatic rings. The van der Waals surface area contributed by atoms with E-state index in [0.717, 1.165) is 16.1 Å². The average Bonchev–Trinajstić information content (AvgIpc) is 3.05. The molecule has 1 heterocycles. The van der Waals surface area contributed by atoms with Crippen LogP contribution in [0, 0.1) is 6.92 Å². The Balaban J connectivity index is 1.67. The number of thiazole rings is 1. The van der Waals surface area contributed by atoms with Crippen molar-refractivity contribution in [2.75, 3.05) is 0 Å². The first kappa shape index (κ1) is 18.0. The molecule has 26 heavy (non-hydrogen) atoms. The number of rotatable bonds is 5. The van der Waals surface area contributed by atoms with Crippen LogP contribution in [0.4, 0.5) is 0 Å². The second kappa shape index (κ2) is 8.06. The van der Waals surface area contributed by atoms with Gasteiger partial charge in [-0.25, -0.2) is 10.4 Å². The molecule has 0 bridgehead atoms. The standard InChI is InChI=1S/C21H21N3OS/c1-14(2)17-11-9-16(10-12-17)13-22-24-20(25)19-15(3)23-21(26-19)18-7-5-4-6-8-18/h4-14H,1-3H3,(H,24,25)/b22-13+. The quantitative estimate of drug-likeness (QED) is 0.512. The van der Waals surface area contributed by atoms with Crippen LogP contribution in [0.5, 0.6) is 0 Å². The first-order valence-corrected chi connectivity index (χ1v) is 9.32. The summed E-state index contributed by atoms with van der Waals surface area (Å²) >= 11 is 1.38. The molecule has 0 aliphatic carbocycles. The van der Waals surface area contributed by atoms with Crippen molar-refractivity contribution in [1.29, 1.82) is 0 Å². The number of nitrogens with zero attached hydrogens (tertiary/aromatic N) is 2. The van der Waals surface area contributed by atoms with E-state index >= 15 is 0 Å². The normalized spacial score (nSPS) is 11.2. The summed E-state index contributed by atoms with van der Waals surface area (Å²) in [7, 11) is 0. The van der Waals surface area contributed by atoms with Crippen molar-refractivity contribution >= 4 is 23.5 Å². The summed E-state index contributed by atoms with van der Waals surface area (Å²) in [5.41, 5.74) is 6.53. The fourth-order valence-electron chi connectivity index (χ4n) is 2.49. The van der Waals surface area contributed by atoms with Crippen molar-refractivity contribution in [3.63, 3.8) is 0 Å². The second-order valence-corrected chi connectivity index (χ2v) is 7.32. The number of nitrogens with one attached hydrogen (secondary N) is 1. The Bertz CT molecular complexity index is 912. The molecule has 0 saturated heterocycles. The molecule has 0 spiro atoms. The number of hydrogen-bond donors (Lipinski definition) is 1. The summed E-state index contributed by atoms with van der Waals surface area (Å²) < 4.78 is 0. The maximum Gasteiger partial charge on any atom is 0.283 e. The van der Waals surface area contributed by atoms with Gasteiger partial charge in [-0.05, 0) is 24.0 Å². The minimum absolute atomic E-state index is 0.239. The number of hydrogen-bond acceptors (Lipinski definition) is 4. The molecule has 3 rings (SSSR count). The SMILES string of the molecule is Cc1nc(-c2ccccc2)sc1C(=O)N/N=C/c1ccc(C(C)C)cc1. The van der Waals surface area contributed by atoms with Crippen LogP contribution >= 0.6 is 11.3 Å². The summed E-state index contributed by atoms with van der Waals surface area (Å²) in [5, 5.41) is 4.90. The Morgan fingerprint density at radius 3 is 2.46 bits per heavy atom. The third-order valence-corrected chi connectivity index (χ3v) is 5.21. The monoisotopic (exact) mass is 363 g/mol. The molecule has 1 amide bonds. The van der Waals surface area contributed by atoms with Gasteiger partial charge in [0.2, 0.25) is 0 Å². The van der Waals surface area contributed by atoms with E-state index in [1.807, 2.05) is 49.4 Å². The van der Waals surface area contributed by atoms with Crippen molar-refractivity contribution in [3.05, 3.63) is 76.3 Å². The largest absolute Gasteiger partial charge is 0.283 e. The molecular weight excluding hydrogens is 342 g/mol. The zero-order chi connectivity index (χ0) is 18.5. The van der Waals surface area contributed by atoms with Crippen LogP contribution in [-0.4, -0.2) is 17.1 Å². The summed E-state index contributed by atoms with van der Waals surface area (Å²) in [6.45, 7) is 6.15. The fraction of sp³-hybridized carbons (Fsp3) is 0.190. The van der Waals surface area contributed by atoms with E-state index in [1.165, 1.54) is 16.9 Å². The Hall–Kier alpha value is -2.79. The highest BCUT2D eigenvalue weighted by molar-refractivity contribution is 7.17. The van der Waals surface area contributed by atoms with Gasteiger partial charge in [-0.2, -0.15) is 5.10 Å². The zero-order valence-electron chi connectivity index (χ0n) is 15.1. The minimum atomic E-state index is -0.239. The molecule has 0 aliphatic heterocycles. The molecule has 1 aromatic heterocycles. The van der Waals surface area contributed by atoms with Gasteiger partial charge in [0.15, 0.2) is 0 Å². The highest BCUT2D eigenvalue weighted by atomic mass is 32.1. The van der Waals surface area contributed by atoms with Gasteiger partial charge in [-0.15, -0.1) is 11.3 Å². The molecule has 0 fully saturated rings. The van der Waals surface area contributed by atoms with Crippen LogP contribution in [0.1, 0.15) is 46.3 Å². The van der Waals surface area contributed by atoms with Gasteiger partial charge in [0.25, 0.3) is 5.91 Å². The van der Waals surface area contributed by atoms with Crippen molar-refractivity contribution in [1.82, 2.24) is 10.4 Å². The van der Waals surface area contributed by atoms with Crippen LogP contribution in [0.3, 0.4) is 0 Å². The summed E-state index contributed by atoms with van der Waals surface area (Å²) in [6.07, 6.45) is 1.65. The lowest BCUT2D eigenvalue weighted by Gasteiger charge is -2.04. The van der Waals surface area contributed by atoms with Gasteiger partial charge in [0.05, 0.1) is 11.9 Å².